The van der Waals surface area contributed by atoms with E-state index in [-0.39, 0.29) is 0 Å². The highest BCUT2D eigenvalue weighted by Crippen LogP contribution is 2.28. The van der Waals surface area contributed by atoms with Crippen molar-refractivity contribution in [2.45, 2.75) is 25.2 Å². The van der Waals surface area contributed by atoms with Crippen LogP contribution >= 0.6 is 0 Å². The number of carboxylic acids is 1. The average Bonchev–Trinajstić information content (AvgIpc) is 2.48. The van der Waals surface area contributed by atoms with Crippen molar-refractivity contribution in [1.29, 1.82) is 0 Å². The number of likely N-dealkylation sites (tertiary alicyclic amines) is 1. The number of nitrogens with zero attached hydrogens (tertiary/aromatic N) is 1. The number of rotatable bonds is 6. The first kappa shape index (κ1) is 16.0. The number of piperidine rings is 1. The van der Waals surface area contributed by atoms with Gasteiger partial charge in [0.05, 0.1) is 6.61 Å². The molecule has 1 N–H and O–H groups in total. The summed E-state index contributed by atoms with van der Waals surface area (Å²) in [5.41, 5.74) is 0.00215. The van der Waals surface area contributed by atoms with E-state index in [1.165, 1.54) is 6.42 Å². The molecule has 0 aromatic heterocycles. The molecule has 0 aliphatic carbocycles. The van der Waals surface area contributed by atoms with Gasteiger partial charge in [0.15, 0.2) is 0 Å². The van der Waals surface area contributed by atoms with E-state index in [1.807, 2.05) is 37.3 Å². The fraction of sp³-hybridized carbons (Fsp3) is 0.588. The number of benzene rings is 1. The molecule has 1 aromatic rings. The first-order valence-electron chi connectivity index (χ1n) is 7.56. The van der Waals surface area contributed by atoms with Crippen LogP contribution in [-0.2, 0) is 14.9 Å². The Morgan fingerprint density at radius 1 is 1.43 bits per heavy atom. The first-order chi connectivity index (χ1) is 10.1. The number of hydrogen-bond acceptors (Lipinski definition) is 3. The largest absolute Gasteiger partial charge is 0.481 e. The minimum atomic E-state index is -0.865. The topological polar surface area (TPSA) is 49.8 Å². The zero-order chi connectivity index (χ0) is 15.3. The summed E-state index contributed by atoms with van der Waals surface area (Å²) in [6.45, 7) is 5.02. The molecule has 1 saturated heterocycles. The van der Waals surface area contributed by atoms with Crippen LogP contribution in [0.15, 0.2) is 30.3 Å². The van der Waals surface area contributed by atoms with E-state index < -0.39 is 11.4 Å². The highest BCUT2D eigenvalue weighted by atomic mass is 16.5. The van der Waals surface area contributed by atoms with Gasteiger partial charge in [-0.1, -0.05) is 30.3 Å². The Morgan fingerprint density at radius 3 is 2.76 bits per heavy atom. The third-order valence-electron chi connectivity index (χ3n) is 4.43. The van der Waals surface area contributed by atoms with Gasteiger partial charge in [0, 0.05) is 20.2 Å². The summed E-state index contributed by atoms with van der Waals surface area (Å²) in [6.07, 6.45) is 2.28. The number of carbonyl (C=O) groups is 1. The van der Waals surface area contributed by atoms with Crippen molar-refractivity contribution in [1.82, 2.24) is 4.90 Å². The third-order valence-corrected chi connectivity index (χ3v) is 4.43. The van der Waals surface area contributed by atoms with Crippen LogP contribution in [0.4, 0.5) is 0 Å². The lowest BCUT2D eigenvalue weighted by molar-refractivity contribution is -0.144. The highest BCUT2D eigenvalue weighted by molar-refractivity contribution is 5.81. The van der Waals surface area contributed by atoms with E-state index in [0.717, 1.165) is 31.7 Å². The second kappa shape index (κ2) is 7.05. The van der Waals surface area contributed by atoms with Crippen LogP contribution < -0.4 is 0 Å². The van der Waals surface area contributed by atoms with Crippen LogP contribution in [0.3, 0.4) is 0 Å². The van der Waals surface area contributed by atoms with E-state index in [0.29, 0.717) is 12.5 Å². The van der Waals surface area contributed by atoms with Crippen LogP contribution in [-0.4, -0.2) is 49.3 Å². The number of methoxy groups -OCH3 is 1. The Bertz CT molecular complexity index is 460. The summed E-state index contributed by atoms with van der Waals surface area (Å²) in [5.74, 6) is -0.250. The van der Waals surface area contributed by atoms with Gasteiger partial charge in [0.2, 0.25) is 0 Å². The van der Waals surface area contributed by atoms with Crippen LogP contribution in [0.2, 0.25) is 0 Å². The fourth-order valence-corrected chi connectivity index (χ4v) is 3.20. The predicted molar refractivity (Wildman–Crippen MR) is 82.5 cm³/mol. The summed E-state index contributed by atoms with van der Waals surface area (Å²) in [7, 11) is 1.73. The molecule has 1 aromatic carbocycles. The molecule has 1 aliphatic rings. The van der Waals surface area contributed by atoms with Crippen molar-refractivity contribution in [3.8, 4) is 0 Å². The third kappa shape index (κ3) is 3.83. The quantitative estimate of drug-likeness (QED) is 0.874. The molecule has 2 atom stereocenters. The van der Waals surface area contributed by atoms with Crippen molar-refractivity contribution in [2.75, 3.05) is 33.4 Å². The van der Waals surface area contributed by atoms with Crippen LogP contribution in [0.1, 0.15) is 25.3 Å². The normalized spacial score (nSPS) is 22.7. The summed E-state index contributed by atoms with van der Waals surface area (Å²) < 4.78 is 5.25. The zero-order valence-electron chi connectivity index (χ0n) is 12.9. The molecule has 21 heavy (non-hydrogen) atoms. The molecule has 0 radical (unpaired) electrons. The summed E-state index contributed by atoms with van der Waals surface area (Å²) in [5, 5.41) is 9.73. The molecule has 0 bridgehead atoms. The lowest BCUT2D eigenvalue weighted by Gasteiger charge is -2.37. The maximum atomic E-state index is 11.9. The second-order valence-corrected chi connectivity index (χ2v) is 6.20. The van der Waals surface area contributed by atoms with E-state index in [1.54, 1.807) is 7.11 Å². The van der Waals surface area contributed by atoms with Gasteiger partial charge < -0.3 is 14.7 Å². The maximum Gasteiger partial charge on any atom is 0.315 e. The Hall–Kier alpha value is -1.39. The zero-order valence-corrected chi connectivity index (χ0v) is 12.9. The second-order valence-electron chi connectivity index (χ2n) is 6.20. The molecule has 0 spiro atoms. The standard InChI is InChI=1S/C17H25NO3/c1-17(16(19)20,15-8-4-3-5-9-15)13-18-10-6-7-14(11-18)12-21-2/h3-5,8-9,14H,6-7,10-13H2,1-2H3,(H,19,20). The average molecular weight is 291 g/mol. The van der Waals surface area contributed by atoms with E-state index in [4.69, 9.17) is 4.74 Å². The van der Waals surface area contributed by atoms with E-state index in [9.17, 15) is 9.90 Å². The smallest absolute Gasteiger partial charge is 0.315 e. The molecule has 0 amide bonds. The van der Waals surface area contributed by atoms with Gasteiger partial charge in [-0.05, 0) is 37.8 Å². The Labute approximate surface area is 126 Å². The Kier molecular flexibility index (Phi) is 5.37. The molecule has 1 fully saturated rings. The Morgan fingerprint density at radius 2 is 2.14 bits per heavy atom. The lowest BCUT2D eigenvalue weighted by atomic mass is 9.81. The van der Waals surface area contributed by atoms with E-state index >= 15 is 0 Å². The molecule has 4 heteroatoms. The molecule has 0 saturated carbocycles. The molecule has 2 unspecified atom stereocenters. The molecular weight excluding hydrogens is 266 g/mol. The SMILES string of the molecule is COCC1CCCN(CC(C)(C(=O)O)c2ccccc2)C1. The monoisotopic (exact) mass is 291 g/mol. The van der Waals surface area contributed by atoms with Gasteiger partial charge in [-0.3, -0.25) is 4.79 Å². The van der Waals surface area contributed by atoms with Crippen molar-refractivity contribution < 1.29 is 14.6 Å². The number of ether oxygens (including phenoxy) is 1. The molecule has 116 valence electrons. The minimum Gasteiger partial charge on any atom is -0.481 e. The number of carboxylic acid groups (broad SMARTS) is 1. The summed E-state index contributed by atoms with van der Waals surface area (Å²) in [6, 6.07) is 9.54. The molecule has 1 aliphatic heterocycles. The van der Waals surface area contributed by atoms with Gasteiger partial charge in [-0.2, -0.15) is 0 Å². The van der Waals surface area contributed by atoms with Gasteiger partial charge in [0.1, 0.15) is 5.41 Å². The first-order valence-corrected chi connectivity index (χ1v) is 7.56. The lowest BCUT2D eigenvalue weighted by Crippen LogP contribution is -2.48. The summed E-state index contributed by atoms with van der Waals surface area (Å²) in [4.78, 5) is 14.1. The highest BCUT2D eigenvalue weighted by Gasteiger charge is 2.38. The van der Waals surface area contributed by atoms with Gasteiger partial charge in [-0.15, -0.1) is 0 Å². The predicted octanol–water partition coefficient (Wildman–Crippen LogP) is 2.39. The van der Waals surface area contributed by atoms with Crippen molar-refractivity contribution in [2.24, 2.45) is 5.92 Å². The fourth-order valence-electron chi connectivity index (χ4n) is 3.20. The Balaban J connectivity index is 2.11. The van der Waals surface area contributed by atoms with Gasteiger partial charge >= 0.3 is 5.97 Å². The summed E-state index contributed by atoms with van der Waals surface area (Å²) >= 11 is 0. The number of aliphatic carboxylic acids is 1. The van der Waals surface area contributed by atoms with Crippen molar-refractivity contribution in [3.05, 3.63) is 35.9 Å². The van der Waals surface area contributed by atoms with Crippen LogP contribution in [0.25, 0.3) is 0 Å². The molecular formula is C17H25NO3. The van der Waals surface area contributed by atoms with Gasteiger partial charge in [0.25, 0.3) is 0 Å². The van der Waals surface area contributed by atoms with Crippen molar-refractivity contribution in [3.63, 3.8) is 0 Å². The molecule has 1 heterocycles. The molecule has 4 nitrogen and oxygen atoms in total. The maximum absolute atomic E-state index is 11.9. The van der Waals surface area contributed by atoms with Crippen LogP contribution in [0, 0.1) is 5.92 Å². The minimum absolute atomic E-state index is 0.512. The molecule has 2 rings (SSSR count). The van der Waals surface area contributed by atoms with Crippen LogP contribution in [0.5, 0.6) is 0 Å². The van der Waals surface area contributed by atoms with Gasteiger partial charge in [-0.25, -0.2) is 0 Å². The number of hydrogen-bond donors (Lipinski definition) is 1. The van der Waals surface area contributed by atoms with Crippen molar-refractivity contribution >= 4 is 5.97 Å². The van der Waals surface area contributed by atoms with E-state index in [2.05, 4.69) is 4.90 Å².